The molecule has 0 aromatic rings. The van der Waals surface area contributed by atoms with E-state index in [0.717, 1.165) is 58.5 Å². The highest BCUT2D eigenvalue weighted by Crippen LogP contribution is 2.19. The van der Waals surface area contributed by atoms with Gasteiger partial charge in [-0.25, -0.2) is 0 Å². The Labute approximate surface area is 104 Å². The molecule has 17 heavy (non-hydrogen) atoms. The van der Waals surface area contributed by atoms with Gasteiger partial charge in [0, 0.05) is 19.8 Å². The molecule has 0 bridgehead atoms. The molecule has 0 spiro atoms. The second-order valence-electron chi connectivity index (χ2n) is 5.17. The zero-order valence-corrected chi connectivity index (χ0v) is 10.8. The van der Waals surface area contributed by atoms with Crippen molar-refractivity contribution >= 4 is 5.91 Å². The van der Waals surface area contributed by atoms with Crippen molar-refractivity contribution in [3.05, 3.63) is 0 Å². The minimum absolute atomic E-state index is 0.0785. The van der Waals surface area contributed by atoms with E-state index < -0.39 is 0 Å². The average Bonchev–Trinajstić information content (AvgIpc) is 2.70. The van der Waals surface area contributed by atoms with Crippen molar-refractivity contribution in [1.29, 1.82) is 0 Å². The summed E-state index contributed by atoms with van der Waals surface area (Å²) < 4.78 is 5.35. The van der Waals surface area contributed by atoms with Gasteiger partial charge in [0.1, 0.15) is 0 Å². The normalized spacial score (nSPS) is 26.8. The Balaban J connectivity index is 1.76. The third-order valence-corrected chi connectivity index (χ3v) is 3.80. The molecule has 4 nitrogen and oxygen atoms in total. The fourth-order valence-corrected chi connectivity index (χ4v) is 2.63. The summed E-state index contributed by atoms with van der Waals surface area (Å²) in [6, 6.07) is 0.0785. The molecule has 98 valence electrons. The first kappa shape index (κ1) is 12.8. The fourth-order valence-electron chi connectivity index (χ4n) is 2.63. The van der Waals surface area contributed by atoms with Crippen LogP contribution in [0.15, 0.2) is 0 Å². The van der Waals surface area contributed by atoms with Crippen LogP contribution in [0.25, 0.3) is 0 Å². The Hall–Kier alpha value is -0.610. The molecule has 0 saturated carbocycles. The number of hydrogen-bond acceptors (Lipinski definition) is 3. The van der Waals surface area contributed by atoms with Gasteiger partial charge < -0.3 is 9.64 Å². The molecule has 4 heteroatoms. The van der Waals surface area contributed by atoms with Gasteiger partial charge in [-0.15, -0.1) is 0 Å². The van der Waals surface area contributed by atoms with Gasteiger partial charge >= 0.3 is 0 Å². The van der Waals surface area contributed by atoms with Crippen molar-refractivity contribution < 1.29 is 9.53 Å². The SMILES string of the molecule is CCCCC1NCN(CC2CCOCC2)C1=O. The maximum absolute atomic E-state index is 12.1. The molecule has 2 saturated heterocycles. The van der Waals surface area contributed by atoms with Crippen LogP contribution in [0.3, 0.4) is 0 Å². The molecular weight excluding hydrogens is 216 g/mol. The summed E-state index contributed by atoms with van der Waals surface area (Å²) in [6.45, 7) is 5.54. The number of unbranched alkanes of at least 4 members (excludes halogenated alkanes) is 1. The highest BCUT2D eigenvalue weighted by atomic mass is 16.5. The van der Waals surface area contributed by atoms with Crippen LogP contribution < -0.4 is 5.32 Å². The van der Waals surface area contributed by atoms with E-state index in [1.807, 2.05) is 4.90 Å². The van der Waals surface area contributed by atoms with Crippen molar-refractivity contribution in [3.63, 3.8) is 0 Å². The van der Waals surface area contributed by atoms with Crippen LogP contribution in [0.2, 0.25) is 0 Å². The highest BCUT2D eigenvalue weighted by Gasteiger charge is 2.31. The first-order chi connectivity index (χ1) is 8.31. The summed E-state index contributed by atoms with van der Waals surface area (Å²) in [6.07, 6.45) is 5.48. The second-order valence-corrected chi connectivity index (χ2v) is 5.17. The summed E-state index contributed by atoms with van der Waals surface area (Å²) >= 11 is 0. The Morgan fingerprint density at radius 2 is 2.18 bits per heavy atom. The Kier molecular flexibility index (Phi) is 4.80. The van der Waals surface area contributed by atoms with Gasteiger partial charge in [0.05, 0.1) is 12.7 Å². The number of nitrogens with zero attached hydrogens (tertiary/aromatic N) is 1. The predicted octanol–water partition coefficient (Wildman–Crippen LogP) is 1.36. The molecule has 0 aromatic heterocycles. The third kappa shape index (κ3) is 3.42. The molecule has 1 unspecified atom stereocenters. The lowest BCUT2D eigenvalue weighted by atomic mass is 9.99. The Morgan fingerprint density at radius 3 is 2.88 bits per heavy atom. The van der Waals surface area contributed by atoms with Crippen molar-refractivity contribution in [1.82, 2.24) is 10.2 Å². The van der Waals surface area contributed by atoms with Gasteiger partial charge in [0.15, 0.2) is 0 Å². The average molecular weight is 240 g/mol. The van der Waals surface area contributed by atoms with Crippen LogP contribution in [0, 0.1) is 5.92 Å². The predicted molar refractivity (Wildman–Crippen MR) is 66.6 cm³/mol. The van der Waals surface area contributed by atoms with Gasteiger partial charge in [0.2, 0.25) is 5.91 Å². The zero-order chi connectivity index (χ0) is 12.1. The summed E-state index contributed by atoms with van der Waals surface area (Å²) in [5.74, 6) is 0.948. The van der Waals surface area contributed by atoms with E-state index in [0.29, 0.717) is 11.8 Å². The first-order valence-electron chi connectivity index (χ1n) is 6.91. The minimum atomic E-state index is 0.0785. The fraction of sp³-hybridized carbons (Fsp3) is 0.923. The molecule has 2 fully saturated rings. The monoisotopic (exact) mass is 240 g/mol. The van der Waals surface area contributed by atoms with E-state index in [1.165, 1.54) is 0 Å². The molecule has 2 rings (SSSR count). The molecule has 2 heterocycles. The minimum Gasteiger partial charge on any atom is -0.381 e. The van der Waals surface area contributed by atoms with E-state index in [-0.39, 0.29) is 6.04 Å². The van der Waals surface area contributed by atoms with Crippen LogP contribution >= 0.6 is 0 Å². The molecule has 1 amide bonds. The Morgan fingerprint density at radius 1 is 1.41 bits per heavy atom. The summed E-state index contributed by atoms with van der Waals surface area (Å²) in [5.41, 5.74) is 0. The van der Waals surface area contributed by atoms with E-state index >= 15 is 0 Å². The number of amides is 1. The topological polar surface area (TPSA) is 41.6 Å². The number of carbonyl (C=O) groups excluding carboxylic acids is 1. The smallest absolute Gasteiger partial charge is 0.240 e. The Bertz CT molecular complexity index is 252. The molecule has 0 aromatic carbocycles. The van der Waals surface area contributed by atoms with Crippen molar-refractivity contribution in [2.75, 3.05) is 26.4 Å². The number of nitrogens with one attached hydrogen (secondary N) is 1. The van der Waals surface area contributed by atoms with E-state index in [1.54, 1.807) is 0 Å². The molecular formula is C13H24N2O2. The number of hydrogen-bond donors (Lipinski definition) is 1. The van der Waals surface area contributed by atoms with Gasteiger partial charge in [-0.05, 0) is 25.2 Å². The van der Waals surface area contributed by atoms with Gasteiger partial charge in [-0.3, -0.25) is 10.1 Å². The molecule has 2 aliphatic heterocycles. The standard InChI is InChI=1S/C13H24N2O2/c1-2-3-4-12-13(16)15(10-14-12)9-11-5-7-17-8-6-11/h11-12,14H,2-10H2,1H3. The zero-order valence-electron chi connectivity index (χ0n) is 10.8. The van der Waals surface area contributed by atoms with Crippen molar-refractivity contribution in [3.8, 4) is 0 Å². The lowest BCUT2D eigenvalue weighted by Crippen LogP contribution is -2.35. The van der Waals surface area contributed by atoms with Crippen molar-refractivity contribution in [2.45, 2.75) is 45.1 Å². The summed E-state index contributed by atoms with van der Waals surface area (Å²) in [4.78, 5) is 14.1. The van der Waals surface area contributed by atoms with Gasteiger partial charge in [0.25, 0.3) is 0 Å². The van der Waals surface area contributed by atoms with Crippen molar-refractivity contribution in [2.24, 2.45) is 5.92 Å². The number of ether oxygens (including phenoxy) is 1. The van der Waals surface area contributed by atoms with Crippen LogP contribution in [0.4, 0.5) is 0 Å². The number of carbonyl (C=O) groups is 1. The van der Waals surface area contributed by atoms with Crippen LogP contribution in [-0.2, 0) is 9.53 Å². The summed E-state index contributed by atoms with van der Waals surface area (Å²) in [5, 5.41) is 3.33. The lowest BCUT2D eigenvalue weighted by Gasteiger charge is -2.26. The molecule has 1 atom stereocenters. The molecule has 0 radical (unpaired) electrons. The lowest BCUT2D eigenvalue weighted by molar-refractivity contribution is -0.130. The third-order valence-electron chi connectivity index (χ3n) is 3.80. The van der Waals surface area contributed by atoms with E-state index in [4.69, 9.17) is 4.74 Å². The van der Waals surface area contributed by atoms with Gasteiger partial charge in [-0.2, -0.15) is 0 Å². The second kappa shape index (κ2) is 6.36. The maximum atomic E-state index is 12.1. The van der Waals surface area contributed by atoms with Gasteiger partial charge in [-0.1, -0.05) is 19.8 Å². The highest BCUT2D eigenvalue weighted by molar-refractivity contribution is 5.83. The quantitative estimate of drug-likeness (QED) is 0.789. The first-order valence-corrected chi connectivity index (χ1v) is 6.91. The van der Waals surface area contributed by atoms with Crippen LogP contribution in [-0.4, -0.2) is 43.3 Å². The molecule has 2 aliphatic rings. The summed E-state index contributed by atoms with van der Waals surface area (Å²) in [7, 11) is 0. The van der Waals surface area contributed by atoms with Crippen LogP contribution in [0.5, 0.6) is 0 Å². The van der Waals surface area contributed by atoms with E-state index in [2.05, 4.69) is 12.2 Å². The van der Waals surface area contributed by atoms with E-state index in [9.17, 15) is 4.79 Å². The number of rotatable bonds is 5. The molecule has 1 N–H and O–H groups in total. The molecule has 0 aliphatic carbocycles. The van der Waals surface area contributed by atoms with Crippen LogP contribution in [0.1, 0.15) is 39.0 Å². The maximum Gasteiger partial charge on any atom is 0.240 e. The largest absolute Gasteiger partial charge is 0.381 e.